The normalized spacial score (nSPS) is 23.8. The van der Waals surface area contributed by atoms with Crippen molar-refractivity contribution in [2.24, 2.45) is 0 Å². The number of H-pyrrole nitrogens is 1. The van der Waals surface area contributed by atoms with Gasteiger partial charge in [0.25, 0.3) is 12.1 Å². The van der Waals surface area contributed by atoms with Crippen molar-refractivity contribution in [3.63, 3.8) is 0 Å². The lowest BCUT2D eigenvalue weighted by molar-refractivity contribution is -0.471. The first-order chi connectivity index (χ1) is 5.45. The molecule has 60 valence electrons. The molecule has 0 saturated carbocycles. The van der Waals surface area contributed by atoms with E-state index in [1.54, 1.807) is 6.20 Å². The second-order valence-electron chi connectivity index (χ2n) is 2.65. The number of hydrogen-bond donors (Lipinski definition) is 2. The van der Waals surface area contributed by atoms with Gasteiger partial charge in [-0.3, -0.25) is 4.52 Å². The highest BCUT2D eigenvalue weighted by Crippen LogP contribution is 2.06. The third kappa shape index (κ3) is 1.48. The summed E-state index contributed by atoms with van der Waals surface area (Å²) in [5.74, 6) is 0.707. The number of rotatable bonds is 2. The van der Waals surface area contributed by atoms with E-state index in [4.69, 9.17) is 4.52 Å². The van der Waals surface area contributed by atoms with Gasteiger partial charge >= 0.3 is 0 Å². The van der Waals surface area contributed by atoms with Gasteiger partial charge in [-0.25, -0.2) is 0 Å². The second kappa shape index (κ2) is 2.87. The summed E-state index contributed by atoms with van der Waals surface area (Å²) < 4.78 is 4.85. The lowest BCUT2D eigenvalue weighted by atomic mass is 10.3. The smallest absolute Gasteiger partial charge is 0.295 e. The maximum absolute atomic E-state index is 4.85. The Balaban J connectivity index is 1.90. The number of nitrogens with zero attached hydrogens (tertiary/aromatic N) is 1. The van der Waals surface area contributed by atoms with Gasteiger partial charge in [-0.15, -0.1) is 0 Å². The molecule has 0 amide bonds. The van der Waals surface area contributed by atoms with Crippen molar-refractivity contribution < 1.29 is 9.62 Å². The molecule has 1 fully saturated rings. The summed E-state index contributed by atoms with van der Waals surface area (Å²) in [5.41, 5.74) is 0. The van der Waals surface area contributed by atoms with E-state index < -0.39 is 0 Å². The lowest BCUT2D eigenvalue weighted by Crippen LogP contribution is -2.21. The molecular formula is C6H11N4O+. The summed E-state index contributed by atoms with van der Waals surface area (Å²) in [5, 5.41) is 12.5. The first-order valence-corrected chi connectivity index (χ1v) is 3.75. The van der Waals surface area contributed by atoms with Gasteiger partial charge in [0.2, 0.25) is 0 Å². The van der Waals surface area contributed by atoms with Gasteiger partial charge < -0.3 is 10.6 Å². The second-order valence-corrected chi connectivity index (χ2v) is 2.65. The molecule has 1 atom stereocenters. The van der Waals surface area contributed by atoms with Gasteiger partial charge in [0.1, 0.15) is 0 Å². The van der Waals surface area contributed by atoms with Crippen LogP contribution in [0.4, 0.5) is 5.88 Å². The van der Waals surface area contributed by atoms with Crippen molar-refractivity contribution in [1.82, 2.24) is 10.6 Å². The van der Waals surface area contributed by atoms with Crippen LogP contribution in [-0.4, -0.2) is 24.4 Å². The van der Waals surface area contributed by atoms with Gasteiger partial charge in [-0.1, -0.05) is 5.10 Å². The number of anilines is 1. The van der Waals surface area contributed by atoms with E-state index in [-0.39, 0.29) is 0 Å². The van der Waals surface area contributed by atoms with Gasteiger partial charge in [-0.05, 0) is 13.0 Å². The highest BCUT2D eigenvalue weighted by atomic mass is 16.5. The minimum atomic E-state index is 0.483. The summed E-state index contributed by atoms with van der Waals surface area (Å²) in [7, 11) is 0. The number of aromatic nitrogens is 2. The average Bonchev–Trinajstić information content (AvgIpc) is 2.60. The van der Waals surface area contributed by atoms with E-state index in [9.17, 15) is 0 Å². The van der Waals surface area contributed by atoms with Gasteiger partial charge in [0, 0.05) is 12.6 Å². The first-order valence-electron chi connectivity index (χ1n) is 3.75. The van der Waals surface area contributed by atoms with Crippen molar-refractivity contribution >= 4 is 5.88 Å². The van der Waals surface area contributed by atoms with Crippen LogP contribution in [0.5, 0.6) is 0 Å². The molecule has 5 nitrogen and oxygen atoms in total. The van der Waals surface area contributed by atoms with Crippen molar-refractivity contribution in [2.75, 3.05) is 18.4 Å². The van der Waals surface area contributed by atoms with Crippen molar-refractivity contribution in [2.45, 2.75) is 12.5 Å². The fraction of sp³-hybridized carbons (Fsp3) is 0.667. The molecule has 0 aliphatic carbocycles. The van der Waals surface area contributed by atoms with Crippen LogP contribution in [0.15, 0.2) is 10.7 Å². The molecule has 1 aliphatic rings. The van der Waals surface area contributed by atoms with Crippen LogP contribution < -0.4 is 15.7 Å². The van der Waals surface area contributed by atoms with Crippen LogP contribution in [0.3, 0.4) is 0 Å². The lowest BCUT2D eigenvalue weighted by Gasteiger charge is -2.05. The molecule has 1 unspecified atom stereocenters. The fourth-order valence-corrected chi connectivity index (χ4v) is 1.23. The predicted molar refractivity (Wildman–Crippen MR) is 38.0 cm³/mol. The Morgan fingerprint density at radius 3 is 3.45 bits per heavy atom. The van der Waals surface area contributed by atoms with Gasteiger partial charge in [-0.2, -0.15) is 0 Å². The molecule has 1 aliphatic heterocycles. The van der Waals surface area contributed by atoms with E-state index >= 15 is 0 Å². The molecule has 2 rings (SSSR count). The van der Waals surface area contributed by atoms with Crippen LogP contribution in [0, 0.1) is 0 Å². The molecule has 1 aromatic heterocycles. The van der Waals surface area contributed by atoms with E-state index in [0.29, 0.717) is 11.9 Å². The van der Waals surface area contributed by atoms with E-state index in [0.717, 1.165) is 19.5 Å². The molecular weight excluding hydrogens is 144 g/mol. The summed E-state index contributed by atoms with van der Waals surface area (Å²) in [4.78, 5) is 0. The molecule has 0 bridgehead atoms. The van der Waals surface area contributed by atoms with Crippen LogP contribution in [0.1, 0.15) is 6.42 Å². The predicted octanol–water partition coefficient (Wildman–Crippen LogP) is -0.738. The molecule has 0 spiro atoms. The number of hydrogen-bond acceptors (Lipinski definition) is 4. The molecule has 0 radical (unpaired) electrons. The zero-order chi connectivity index (χ0) is 7.52. The highest BCUT2D eigenvalue weighted by Gasteiger charge is 2.16. The Morgan fingerprint density at radius 1 is 1.82 bits per heavy atom. The van der Waals surface area contributed by atoms with Gasteiger partial charge in [0.05, 0.1) is 0 Å². The minimum absolute atomic E-state index is 0.483. The third-order valence-electron chi connectivity index (χ3n) is 1.80. The highest BCUT2D eigenvalue weighted by molar-refractivity contribution is 5.25. The molecule has 2 heterocycles. The Morgan fingerprint density at radius 2 is 2.82 bits per heavy atom. The average molecular weight is 155 g/mol. The summed E-state index contributed by atoms with van der Waals surface area (Å²) in [6.45, 7) is 2.08. The Bertz CT molecular complexity index is 204. The van der Waals surface area contributed by atoms with E-state index in [2.05, 4.69) is 21.0 Å². The molecule has 5 heteroatoms. The Labute approximate surface area is 64.1 Å². The third-order valence-corrected chi connectivity index (χ3v) is 1.80. The fourth-order valence-electron chi connectivity index (χ4n) is 1.23. The van der Waals surface area contributed by atoms with Crippen molar-refractivity contribution in [1.29, 1.82) is 0 Å². The maximum atomic E-state index is 4.85. The number of aromatic amines is 1. The maximum Gasteiger partial charge on any atom is 0.295 e. The van der Waals surface area contributed by atoms with Crippen molar-refractivity contribution in [3.8, 4) is 0 Å². The number of nitrogens with one attached hydrogen (secondary N) is 3. The van der Waals surface area contributed by atoms with Crippen LogP contribution >= 0.6 is 0 Å². The summed E-state index contributed by atoms with van der Waals surface area (Å²) in [6, 6.07) is 0.483. The topological polar surface area (TPSA) is 64.2 Å². The minimum Gasteiger partial charge on any atom is -0.345 e. The molecule has 1 saturated heterocycles. The molecule has 1 aromatic rings. The summed E-state index contributed by atoms with van der Waals surface area (Å²) in [6.07, 6.45) is 2.85. The largest absolute Gasteiger partial charge is 0.345 e. The van der Waals surface area contributed by atoms with Crippen LogP contribution in [0.25, 0.3) is 0 Å². The van der Waals surface area contributed by atoms with Crippen LogP contribution in [0.2, 0.25) is 0 Å². The molecule has 3 N–H and O–H groups in total. The summed E-state index contributed by atoms with van der Waals surface area (Å²) >= 11 is 0. The zero-order valence-corrected chi connectivity index (χ0v) is 6.13. The molecule has 0 aromatic carbocycles. The van der Waals surface area contributed by atoms with Gasteiger partial charge in [0.15, 0.2) is 5.27 Å². The van der Waals surface area contributed by atoms with Crippen LogP contribution in [-0.2, 0) is 0 Å². The first kappa shape index (κ1) is 6.60. The quantitative estimate of drug-likeness (QED) is 0.590. The Hall–Kier alpha value is -1.10. The van der Waals surface area contributed by atoms with Crippen molar-refractivity contribution in [3.05, 3.63) is 6.20 Å². The van der Waals surface area contributed by atoms with E-state index in [1.807, 2.05) is 0 Å². The monoisotopic (exact) mass is 155 g/mol. The SMILES string of the molecule is c1[nH+]noc1NC1CCNC1. The Kier molecular flexibility index (Phi) is 1.72. The zero-order valence-electron chi connectivity index (χ0n) is 6.13. The molecule has 11 heavy (non-hydrogen) atoms. The van der Waals surface area contributed by atoms with E-state index in [1.165, 1.54) is 0 Å². The standard InChI is InChI=1S/C6H10N4O/c1-2-7-3-5(1)9-6-4-8-10-11-6/h4-5,7,9H,1-3H2/p+1.